The molecule has 2 aromatic rings. The number of piperidine rings is 1. The normalized spacial score (nSPS) is 14.8. The summed E-state index contributed by atoms with van der Waals surface area (Å²) in [6, 6.07) is 6.27. The number of anilines is 1. The van der Waals surface area contributed by atoms with Gasteiger partial charge in [0.1, 0.15) is 5.01 Å². The first-order valence-corrected chi connectivity index (χ1v) is 9.35. The molecule has 0 unspecified atom stereocenters. The SMILES string of the molecule is Cc1ccc(-c2nnc(NC(=O)CCC3CCNCC3)s2)c(C)c1.Cl. The van der Waals surface area contributed by atoms with E-state index in [0.717, 1.165) is 30.1 Å². The van der Waals surface area contributed by atoms with Gasteiger partial charge >= 0.3 is 0 Å². The van der Waals surface area contributed by atoms with Crippen molar-refractivity contribution in [2.24, 2.45) is 5.92 Å². The molecule has 0 saturated carbocycles. The number of rotatable bonds is 5. The van der Waals surface area contributed by atoms with E-state index in [1.165, 1.54) is 35.3 Å². The van der Waals surface area contributed by atoms with Crippen LogP contribution >= 0.6 is 23.7 Å². The highest BCUT2D eigenvalue weighted by molar-refractivity contribution is 7.18. The Morgan fingerprint density at radius 1 is 1.28 bits per heavy atom. The Labute approximate surface area is 159 Å². The van der Waals surface area contributed by atoms with Crippen molar-refractivity contribution in [3.63, 3.8) is 0 Å². The van der Waals surface area contributed by atoms with Gasteiger partial charge in [0.25, 0.3) is 0 Å². The highest BCUT2D eigenvalue weighted by Gasteiger charge is 2.16. The molecule has 1 aliphatic heterocycles. The van der Waals surface area contributed by atoms with Crippen LogP contribution in [0.5, 0.6) is 0 Å². The number of hydrogen-bond acceptors (Lipinski definition) is 5. The van der Waals surface area contributed by atoms with Crippen molar-refractivity contribution >= 4 is 34.8 Å². The van der Waals surface area contributed by atoms with E-state index in [1.807, 2.05) is 0 Å². The molecule has 0 radical (unpaired) electrons. The zero-order valence-corrected chi connectivity index (χ0v) is 16.3. The summed E-state index contributed by atoms with van der Waals surface area (Å²) in [4.78, 5) is 12.1. The van der Waals surface area contributed by atoms with E-state index in [9.17, 15) is 4.79 Å². The zero-order chi connectivity index (χ0) is 16.9. The molecule has 5 nitrogen and oxygen atoms in total. The smallest absolute Gasteiger partial charge is 0.226 e. The Bertz CT molecular complexity index is 713. The number of amides is 1. The van der Waals surface area contributed by atoms with Crippen molar-refractivity contribution in [1.82, 2.24) is 15.5 Å². The number of aryl methyl sites for hydroxylation is 2. The van der Waals surface area contributed by atoms with E-state index in [4.69, 9.17) is 0 Å². The van der Waals surface area contributed by atoms with Gasteiger partial charge in [-0.2, -0.15) is 0 Å². The average Bonchev–Trinajstić information content (AvgIpc) is 3.02. The summed E-state index contributed by atoms with van der Waals surface area (Å²) in [6.45, 7) is 6.29. The Morgan fingerprint density at radius 3 is 2.76 bits per heavy atom. The van der Waals surface area contributed by atoms with Gasteiger partial charge in [-0.05, 0) is 57.7 Å². The van der Waals surface area contributed by atoms with Gasteiger partial charge in [-0.1, -0.05) is 35.1 Å². The van der Waals surface area contributed by atoms with Crippen LogP contribution in [0, 0.1) is 19.8 Å². The number of aromatic nitrogens is 2. The molecule has 2 heterocycles. The number of nitrogens with one attached hydrogen (secondary N) is 2. The molecule has 136 valence electrons. The number of nitrogens with zero attached hydrogens (tertiary/aromatic N) is 2. The van der Waals surface area contributed by atoms with Gasteiger partial charge in [0.2, 0.25) is 11.0 Å². The maximum atomic E-state index is 12.1. The summed E-state index contributed by atoms with van der Waals surface area (Å²) >= 11 is 1.43. The fourth-order valence-corrected chi connectivity index (χ4v) is 3.97. The van der Waals surface area contributed by atoms with Crippen LogP contribution in [0.15, 0.2) is 18.2 Å². The molecule has 0 aliphatic carbocycles. The lowest BCUT2D eigenvalue weighted by atomic mass is 9.93. The molecule has 0 spiro atoms. The van der Waals surface area contributed by atoms with Crippen LogP contribution < -0.4 is 10.6 Å². The largest absolute Gasteiger partial charge is 0.317 e. The van der Waals surface area contributed by atoms with Crippen LogP contribution in [-0.4, -0.2) is 29.2 Å². The van der Waals surface area contributed by atoms with Gasteiger partial charge < -0.3 is 10.6 Å². The minimum atomic E-state index is 0. The Balaban J connectivity index is 0.00000225. The van der Waals surface area contributed by atoms with E-state index in [-0.39, 0.29) is 18.3 Å². The van der Waals surface area contributed by atoms with E-state index < -0.39 is 0 Å². The van der Waals surface area contributed by atoms with Crippen LogP contribution in [0.3, 0.4) is 0 Å². The average molecular weight is 381 g/mol. The summed E-state index contributed by atoms with van der Waals surface area (Å²) in [5.41, 5.74) is 3.48. The first-order valence-electron chi connectivity index (χ1n) is 8.53. The van der Waals surface area contributed by atoms with Crippen molar-refractivity contribution in [3.05, 3.63) is 29.3 Å². The van der Waals surface area contributed by atoms with E-state index in [2.05, 4.69) is 52.9 Å². The summed E-state index contributed by atoms with van der Waals surface area (Å²) in [7, 11) is 0. The van der Waals surface area contributed by atoms with Gasteiger partial charge in [0, 0.05) is 12.0 Å². The van der Waals surface area contributed by atoms with Crippen molar-refractivity contribution in [1.29, 1.82) is 0 Å². The molecule has 1 aromatic heterocycles. The highest BCUT2D eigenvalue weighted by atomic mass is 35.5. The number of carbonyl (C=O) groups is 1. The quantitative estimate of drug-likeness (QED) is 0.823. The van der Waals surface area contributed by atoms with Crippen molar-refractivity contribution in [3.8, 4) is 10.6 Å². The number of carbonyl (C=O) groups excluding carboxylic acids is 1. The van der Waals surface area contributed by atoms with Crippen molar-refractivity contribution < 1.29 is 4.79 Å². The minimum Gasteiger partial charge on any atom is -0.317 e. The molecule has 0 bridgehead atoms. The first kappa shape index (κ1) is 19.8. The summed E-state index contributed by atoms with van der Waals surface area (Å²) in [5.74, 6) is 0.703. The monoisotopic (exact) mass is 380 g/mol. The van der Waals surface area contributed by atoms with Gasteiger partial charge in [-0.25, -0.2) is 0 Å². The van der Waals surface area contributed by atoms with Crippen molar-refractivity contribution in [2.75, 3.05) is 18.4 Å². The Hall–Kier alpha value is -1.50. The zero-order valence-electron chi connectivity index (χ0n) is 14.7. The van der Waals surface area contributed by atoms with Crippen LogP contribution in [0.4, 0.5) is 5.13 Å². The predicted octanol–water partition coefficient (Wildman–Crippen LogP) is 3.96. The third-order valence-electron chi connectivity index (χ3n) is 4.52. The number of benzene rings is 1. The highest BCUT2D eigenvalue weighted by Crippen LogP contribution is 2.29. The van der Waals surface area contributed by atoms with E-state index in [1.54, 1.807) is 0 Å². The third kappa shape index (κ3) is 5.49. The van der Waals surface area contributed by atoms with Crippen LogP contribution in [0.25, 0.3) is 10.6 Å². The molecule has 1 aromatic carbocycles. The lowest BCUT2D eigenvalue weighted by Gasteiger charge is -2.21. The molecule has 2 N–H and O–H groups in total. The Kier molecular flexibility index (Phi) is 7.35. The molecular formula is C18H25ClN4OS. The molecule has 7 heteroatoms. The summed E-state index contributed by atoms with van der Waals surface area (Å²) < 4.78 is 0. The van der Waals surface area contributed by atoms with E-state index >= 15 is 0 Å². The van der Waals surface area contributed by atoms with Gasteiger partial charge in [0.05, 0.1) is 0 Å². The fraction of sp³-hybridized carbons (Fsp3) is 0.500. The summed E-state index contributed by atoms with van der Waals surface area (Å²) in [6.07, 6.45) is 3.85. The molecule has 1 amide bonds. The lowest BCUT2D eigenvalue weighted by Crippen LogP contribution is -2.28. The molecule has 0 atom stereocenters. The minimum absolute atomic E-state index is 0. The molecular weight excluding hydrogens is 356 g/mol. The topological polar surface area (TPSA) is 66.9 Å². The number of hydrogen-bond donors (Lipinski definition) is 2. The maximum Gasteiger partial charge on any atom is 0.226 e. The standard InChI is InChI=1S/C18H24N4OS.ClH/c1-12-3-5-15(13(2)11-12)17-21-22-18(24-17)20-16(23)6-4-14-7-9-19-10-8-14;/h3,5,11,14,19H,4,6-10H2,1-2H3,(H,20,22,23);1H. The van der Waals surface area contributed by atoms with Crippen molar-refractivity contribution in [2.45, 2.75) is 39.5 Å². The van der Waals surface area contributed by atoms with Crippen LogP contribution in [0.2, 0.25) is 0 Å². The van der Waals surface area contributed by atoms with Crippen LogP contribution in [0.1, 0.15) is 36.8 Å². The molecule has 1 fully saturated rings. The third-order valence-corrected chi connectivity index (χ3v) is 5.39. The molecule has 25 heavy (non-hydrogen) atoms. The van der Waals surface area contributed by atoms with Gasteiger partial charge in [0.15, 0.2) is 0 Å². The van der Waals surface area contributed by atoms with Gasteiger partial charge in [-0.3, -0.25) is 4.79 Å². The maximum absolute atomic E-state index is 12.1. The second-order valence-electron chi connectivity index (χ2n) is 6.51. The molecule has 1 saturated heterocycles. The molecule has 1 aliphatic rings. The van der Waals surface area contributed by atoms with E-state index in [0.29, 0.717) is 17.5 Å². The second kappa shape index (κ2) is 9.27. The molecule has 3 rings (SSSR count). The second-order valence-corrected chi connectivity index (χ2v) is 7.49. The first-order chi connectivity index (χ1) is 11.6. The van der Waals surface area contributed by atoms with Gasteiger partial charge in [-0.15, -0.1) is 22.6 Å². The fourth-order valence-electron chi connectivity index (χ4n) is 3.12. The summed E-state index contributed by atoms with van der Waals surface area (Å²) in [5, 5.41) is 16.0. The van der Waals surface area contributed by atoms with Crippen LogP contribution in [-0.2, 0) is 4.79 Å². The Morgan fingerprint density at radius 2 is 2.04 bits per heavy atom. The number of halogens is 1. The predicted molar refractivity (Wildman–Crippen MR) is 106 cm³/mol. The lowest BCUT2D eigenvalue weighted by molar-refractivity contribution is -0.116.